The van der Waals surface area contributed by atoms with Crippen LogP contribution in [0.4, 0.5) is 0 Å². The molecule has 5 nitrogen and oxygen atoms in total. The van der Waals surface area contributed by atoms with E-state index in [2.05, 4.69) is 17.3 Å². The highest BCUT2D eigenvalue weighted by molar-refractivity contribution is 5.94. The standard InChI is InChI=1S/C20H27N3O2/c1-4-17(14-10-12-15(25-3)13-11-14)21-20(24)19-16-8-6-7-9-18(16)22-23(19)5-2/h10-13,17H,4-9H2,1-3H3,(H,21,24)/t17-/m1/s1. The summed E-state index contributed by atoms with van der Waals surface area (Å²) in [5.41, 5.74) is 4.10. The van der Waals surface area contributed by atoms with Crippen LogP contribution in [0.3, 0.4) is 0 Å². The molecular formula is C20H27N3O2. The smallest absolute Gasteiger partial charge is 0.270 e. The maximum absolute atomic E-state index is 13.0. The molecule has 1 aliphatic carbocycles. The first kappa shape index (κ1) is 17.5. The first-order valence-corrected chi connectivity index (χ1v) is 9.21. The Balaban J connectivity index is 1.83. The van der Waals surface area contributed by atoms with Crippen molar-refractivity contribution >= 4 is 5.91 Å². The number of carbonyl (C=O) groups excluding carboxylic acids is 1. The second kappa shape index (κ2) is 7.72. The van der Waals surface area contributed by atoms with E-state index in [0.29, 0.717) is 0 Å². The van der Waals surface area contributed by atoms with E-state index in [4.69, 9.17) is 4.74 Å². The number of carbonyl (C=O) groups is 1. The summed E-state index contributed by atoms with van der Waals surface area (Å²) < 4.78 is 7.08. The highest BCUT2D eigenvalue weighted by atomic mass is 16.5. The molecule has 134 valence electrons. The second-order valence-corrected chi connectivity index (χ2v) is 6.50. The van der Waals surface area contributed by atoms with Gasteiger partial charge in [-0.05, 0) is 56.7 Å². The van der Waals surface area contributed by atoms with E-state index in [1.807, 2.05) is 35.9 Å². The van der Waals surface area contributed by atoms with Crippen molar-refractivity contribution < 1.29 is 9.53 Å². The minimum Gasteiger partial charge on any atom is -0.497 e. The number of nitrogens with one attached hydrogen (secondary N) is 1. The van der Waals surface area contributed by atoms with Gasteiger partial charge in [0.15, 0.2) is 0 Å². The molecule has 0 bridgehead atoms. The topological polar surface area (TPSA) is 56.2 Å². The minimum atomic E-state index is -0.0159. The number of nitrogens with zero attached hydrogens (tertiary/aromatic N) is 2. The lowest BCUT2D eigenvalue weighted by Gasteiger charge is -2.19. The third-order valence-corrected chi connectivity index (χ3v) is 4.97. The van der Waals surface area contributed by atoms with Gasteiger partial charge in [0.2, 0.25) is 0 Å². The predicted molar refractivity (Wildman–Crippen MR) is 98.0 cm³/mol. The van der Waals surface area contributed by atoms with Gasteiger partial charge in [-0.15, -0.1) is 0 Å². The molecule has 3 rings (SSSR count). The Morgan fingerprint density at radius 2 is 1.96 bits per heavy atom. The lowest BCUT2D eigenvalue weighted by Crippen LogP contribution is -2.31. The van der Waals surface area contributed by atoms with Gasteiger partial charge in [-0.1, -0.05) is 19.1 Å². The van der Waals surface area contributed by atoms with Crippen LogP contribution in [-0.4, -0.2) is 22.8 Å². The summed E-state index contributed by atoms with van der Waals surface area (Å²) in [6.45, 7) is 4.84. The first-order chi connectivity index (χ1) is 12.2. The first-order valence-electron chi connectivity index (χ1n) is 9.21. The molecule has 0 fully saturated rings. The Kier molecular flexibility index (Phi) is 5.41. The van der Waals surface area contributed by atoms with Crippen molar-refractivity contribution in [3.8, 4) is 5.75 Å². The predicted octanol–water partition coefficient (Wildman–Crippen LogP) is 3.67. The molecular weight excluding hydrogens is 314 g/mol. The summed E-state index contributed by atoms with van der Waals surface area (Å²) in [4.78, 5) is 13.0. The van der Waals surface area contributed by atoms with Gasteiger partial charge in [0.25, 0.3) is 5.91 Å². The molecule has 1 aliphatic rings. The fourth-order valence-corrected chi connectivity index (χ4v) is 3.57. The zero-order valence-corrected chi connectivity index (χ0v) is 15.3. The second-order valence-electron chi connectivity index (χ2n) is 6.50. The van der Waals surface area contributed by atoms with Crippen molar-refractivity contribution in [1.29, 1.82) is 0 Å². The van der Waals surface area contributed by atoms with Crippen LogP contribution in [-0.2, 0) is 19.4 Å². The third kappa shape index (κ3) is 3.55. The fourth-order valence-electron chi connectivity index (χ4n) is 3.57. The SMILES string of the molecule is CC[C@@H](NC(=O)c1c2c(nn1CC)CCCC2)c1ccc(OC)cc1. The Bertz CT molecular complexity index is 734. The molecule has 0 spiro atoms. The monoisotopic (exact) mass is 341 g/mol. The van der Waals surface area contributed by atoms with Crippen LogP contribution in [0.1, 0.15) is 66.5 Å². The maximum Gasteiger partial charge on any atom is 0.270 e. The molecule has 2 aromatic rings. The molecule has 5 heteroatoms. The Hall–Kier alpha value is -2.30. The molecule has 1 N–H and O–H groups in total. The fraction of sp³-hybridized carbons (Fsp3) is 0.500. The molecule has 1 atom stereocenters. The molecule has 1 aromatic heterocycles. The van der Waals surface area contributed by atoms with E-state index in [0.717, 1.165) is 66.9 Å². The number of benzene rings is 1. The number of hydrogen-bond donors (Lipinski definition) is 1. The number of rotatable bonds is 6. The summed E-state index contributed by atoms with van der Waals surface area (Å²) in [6.07, 6.45) is 5.08. The lowest BCUT2D eigenvalue weighted by molar-refractivity contribution is 0.0923. The number of amides is 1. The van der Waals surface area contributed by atoms with Crippen LogP contribution < -0.4 is 10.1 Å². The molecule has 0 radical (unpaired) electrons. The molecule has 0 unspecified atom stereocenters. The van der Waals surface area contributed by atoms with Crippen LogP contribution in [0.25, 0.3) is 0 Å². The Morgan fingerprint density at radius 1 is 1.24 bits per heavy atom. The van der Waals surface area contributed by atoms with E-state index < -0.39 is 0 Å². The zero-order chi connectivity index (χ0) is 17.8. The average Bonchev–Trinajstić information content (AvgIpc) is 3.04. The van der Waals surface area contributed by atoms with Gasteiger partial charge in [0.1, 0.15) is 11.4 Å². The molecule has 1 aromatic carbocycles. The molecule has 25 heavy (non-hydrogen) atoms. The summed E-state index contributed by atoms with van der Waals surface area (Å²) >= 11 is 0. The van der Waals surface area contributed by atoms with Crippen molar-refractivity contribution in [3.05, 3.63) is 46.8 Å². The van der Waals surface area contributed by atoms with Gasteiger partial charge in [-0.25, -0.2) is 0 Å². The quantitative estimate of drug-likeness (QED) is 0.872. The van der Waals surface area contributed by atoms with Crippen molar-refractivity contribution in [2.24, 2.45) is 0 Å². The molecule has 1 heterocycles. The highest BCUT2D eigenvalue weighted by Crippen LogP contribution is 2.26. The lowest BCUT2D eigenvalue weighted by atomic mass is 9.95. The van der Waals surface area contributed by atoms with Crippen LogP contribution in [0.5, 0.6) is 5.75 Å². The van der Waals surface area contributed by atoms with Crippen molar-refractivity contribution in [2.75, 3.05) is 7.11 Å². The van der Waals surface area contributed by atoms with E-state index in [1.54, 1.807) is 7.11 Å². The number of methoxy groups -OCH3 is 1. The van der Waals surface area contributed by atoms with Crippen LogP contribution in [0, 0.1) is 0 Å². The van der Waals surface area contributed by atoms with E-state index in [9.17, 15) is 4.79 Å². The minimum absolute atomic E-state index is 0.0137. The Morgan fingerprint density at radius 3 is 2.60 bits per heavy atom. The molecule has 0 saturated carbocycles. The van der Waals surface area contributed by atoms with Gasteiger partial charge in [-0.2, -0.15) is 5.10 Å². The molecule has 0 aliphatic heterocycles. The van der Waals surface area contributed by atoms with Crippen molar-refractivity contribution in [1.82, 2.24) is 15.1 Å². The molecule has 1 amide bonds. The van der Waals surface area contributed by atoms with Crippen molar-refractivity contribution in [2.45, 2.75) is 58.5 Å². The Labute approximate surface area is 149 Å². The van der Waals surface area contributed by atoms with Crippen LogP contribution in [0.2, 0.25) is 0 Å². The van der Waals surface area contributed by atoms with Crippen LogP contribution >= 0.6 is 0 Å². The third-order valence-electron chi connectivity index (χ3n) is 4.97. The number of ether oxygens (including phenoxy) is 1. The number of hydrogen-bond acceptors (Lipinski definition) is 3. The van der Waals surface area contributed by atoms with E-state index >= 15 is 0 Å². The number of aryl methyl sites for hydroxylation is 2. The van der Waals surface area contributed by atoms with Crippen molar-refractivity contribution in [3.63, 3.8) is 0 Å². The number of aromatic nitrogens is 2. The molecule has 0 saturated heterocycles. The largest absolute Gasteiger partial charge is 0.497 e. The van der Waals surface area contributed by atoms with Gasteiger partial charge in [0, 0.05) is 12.1 Å². The van der Waals surface area contributed by atoms with Gasteiger partial charge >= 0.3 is 0 Å². The normalized spacial score (nSPS) is 14.7. The van der Waals surface area contributed by atoms with Gasteiger partial charge in [-0.3, -0.25) is 9.48 Å². The maximum atomic E-state index is 13.0. The summed E-state index contributed by atoms with van der Waals surface area (Å²) in [5.74, 6) is 0.809. The highest BCUT2D eigenvalue weighted by Gasteiger charge is 2.26. The van der Waals surface area contributed by atoms with Crippen LogP contribution in [0.15, 0.2) is 24.3 Å². The van der Waals surface area contributed by atoms with Gasteiger partial charge < -0.3 is 10.1 Å². The van der Waals surface area contributed by atoms with Gasteiger partial charge in [0.05, 0.1) is 18.8 Å². The average molecular weight is 341 g/mol. The number of fused-ring (bicyclic) bond motifs is 1. The van der Waals surface area contributed by atoms with E-state index in [-0.39, 0.29) is 11.9 Å². The summed E-state index contributed by atoms with van der Waals surface area (Å²) in [6, 6.07) is 7.88. The van der Waals surface area contributed by atoms with E-state index in [1.165, 1.54) is 0 Å². The summed E-state index contributed by atoms with van der Waals surface area (Å²) in [5, 5.41) is 7.87. The zero-order valence-electron chi connectivity index (χ0n) is 15.3. The summed E-state index contributed by atoms with van der Waals surface area (Å²) in [7, 11) is 1.66.